The molecule has 2 N–H and O–H groups in total. The van der Waals surface area contributed by atoms with Gasteiger partial charge in [0, 0.05) is 5.56 Å². The average molecular weight is 350 g/mol. The molecule has 2 aliphatic heterocycles. The summed E-state index contributed by atoms with van der Waals surface area (Å²) in [5, 5.41) is 12.6. The number of nitrogens with zero attached hydrogens (tertiary/aromatic N) is 1. The Morgan fingerprint density at radius 3 is 2.80 bits per heavy atom. The number of phenols is 1. The van der Waals surface area contributed by atoms with Gasteiger partial charge in [-0.25, -0.2) is 4.99 Å². The highest BCUT2D eigenvalue weighted by molar-refractivity contribution is 8.18. The third-order valence-corrected chi connectivity index (χ3v) is 4.61. The summed E-state index contributed by atoms with van der Waals surface area (Å²) < 4.78 is 5.71. The number of aliphatic imine (C=N–C) groups is 1. The van der Waals surface area contributed by atoms with E-state index < -0.39 is 0 Å². The first-order chi connectivity index (χ1) is 12.2. The number of carbonyl (C=O) groups is 1. The van der Waals surface area contributed by atoms with E-state index >= 15 is 0 Å². The Labute approximate surface area is 148 Å². The highest BCUT2D eigenvalue weighted by Crippen LogP contribution is 2.31. The van der Waals surface area contributed by atoms with Gasteiger partial charge in [0.05, 0.1) is 10.6 Å². The van der Waals surface area contributed by atoms with Gasteiger partial charge >= 0.3 is 0 Å². The van der Waals surface area contributed by atoms with Gasteiger partial charge in [-0.05, 0) is 59.8 Å². The standard InChI is InChI=1S/C19H14N2O3S/c22-15-7-5-14(6-8-15)20-19-21-18(23)17(25-19)10-12-9-13-3-1-2-4-16(13)24-11-12/h1-10,22H,11H2,(H,20,21,23)/b17-10-. The number of rotatable bonds is 2. The Morgan fingerprint density at radius 2 is 1.96 bits per heavy atom. The van der Waals surface area contributed by atoms with Crippen LogP contribution in [0.2, 0.25) is 0 Å². The van der Waals surface area contributed by atoms with Gasteiger partial charge < -0.3 is 15.2 Å². The van der Waals surface area contributed by atoms with Crippen molar-refractivity contribution in [3.63, 3.8) is 0 Å². The van der Waals surface area contributed by atoms with Crippen LogP contribution in [-0.2, 0) is 4.79 Å². The van der Waals surface area contributed by atoms with Crippen LogP contribution in [0.25, 0.3) is 6.08 Å². The molecular weight excluding hydrogens is 336 g/mol. The molecule has 0 spiro atoms. The van der Waals surface area contributed by atoms with Crippen LogP contribution in [0.3, 0.4) is 0 Å². The summed E-state index contributed by atoms with van der Waals surface area (Å²) in [6.45, 7) is 0.429. The number of thioether (sulfide) groups is 1. The zero-order valence-electron chi connectivity index (χ0n) is 13.1. The van der Waals surface area contributed by atoms with Crippen LogP contribution < -0.4 is 10.1 Å². The largest absolute Gasteiger partial charge is 0.508 e. The normalized spacial score (nSPS) is 19.4. The number of fused-ring (bicyclic) bond motifs is 1. The summed E-state index contributed by atoms with van der Waals surface area (Å²) in [5.74, 6) is 0.849. The second-order valence-corrected chi connectivity index (χ2v) is 6.57. The van der Waals surface area contributed by atoms with Gasteiger partial charge in [0.2, 0.25) is 0 Å². The molecule has 1 fully saturated rings. The summed E-state index contributed by atoms with van der Waals surface area (Å²) in [6, 6.07) is 14.3. The van der Waals surface area contributed by atoms with E-state index in [4.69, 9.17) is 4.74 Å². The van der Waals surface area contributed by atoms with Gasteiger partial charge in [0.1, 0.15) is 18.1 Å². The van der Waals surface area contributed by atoms with Gasteiger partial charge in [-0.2, -0.15) is 0 Å². The summed E-state index contributed by atoms with van der Waals surface area (Å²) >= 11 is 1.28. The first-order valence-electron chi connectivity index (χ1n) is 7.68. The fourth-order valence-corrected chi connectivity index (χ4v) is 3.37. The molecule has 0 aromatic heterocycles. The van der Waals surface area contributed by atoms with E-state index in [1.807, 2.05) is 36.4 Å². The molecule has 2 aliphatic rings. The average Bonchev–Trinajstić information content (AvgIpc) is 2.96. The predicted octanol–water partition coefficient (Wildman–Crippen LogP) is 3.60. The monoisotopic (exact) mass is 350 g/mol. The van der Waals surface area contributed by atoms with E-state index in [-0.39, 0.29) is 11.7 Å². The molecule has 2 aromatic carbocycles. The van der Waals surface area contributed by atoms with Crippen molar-refractivity contribution in [3.8, 4) is 11.5 Å². The molecule has 1 saturated heterocycles. The number of aromatic hydroxyl groups is 1. The lowest BCUT2D eigenvalue weighted by atomic mass is 10.1. The van der Waals surface area contributed by atoms with Gasteiger partial charge in [-0.3, -0.25) is 4.79 Å². The molecule has 25 heavy (non-hydrogen) atoms. The molecule has 124 valence electrons. The number of hydrogen-bond donors (Lipinski definition) is 2. The van der Waals surface area contributed by atoms with E-state index in [1.165, 1.54) is 11.8 Å². The van der Waals surface area contributed by atoms with Crippen molar-refractivity contribution < 1.29 is 14.6 Å². The first-order valence-corrected chi connectivity index (χ1v) is 8.50. The lowest BCUT2D eigenvalue weighted by molar-refractivity contribution is -0.115. The smallest absolute Gasteiger partial charge is 0.264 e. The molecule has 2 heterocycles. The number of phenolic OH excluding ortho intramolecular Hbond substituents is 1. The van der Waals surface area contributed by atoms with Gasteiger partial charge in [-0.1, -0.05) is 18.2 Å². The zero-order chi connectivity index (χ0) is 17.2. The Hall–Kier alpha value is -2.99. The van der Waals surface area contributed by atoms with Crippen molar-refractivity contribution in [2.45, 2.75) is 0 Å². The van der Waals surface area contributed by atoms with Crippen LogP contribution in [-0.4, -0.2) is 22.8 Å². The maximum absolute atomic E-state index is 12.2. The Bertz CT molecular complexity index is 930. The maximum Gasteiger partial charge on any atom is 0.264 e. The molecule has 0 saturated carbocycles. The quantitative estimate of drug-likeness (QED) is 0.812. The molecule has 6 heteroatoms. The van der Waals surface area contributed by atoms with E-state index in [0.29, 0.717) is 22.4 Å². The molecule has 0 atom stereocenters. The number of hydrogen-bond acceptors (Lipinski definition) is 5. The summed E-state index contributed by atoms with van der Waals surface area (Å²) in [6.07, 6.45) is 3.85. The maximum atomic E-state index is 12.2. The summed E-state index contributed by atoms with van der Waals surface area (Å²) in [5.41, 5.74) is 2.60. The van der Waals surface area contributed by atoms with Crippen molar-refractivity contribution in [2.24, 2.45) is 4.99 Å². The van der Waals surface area contributed by atoms with Crippen molar-refractivity contribution in [3.05, 3.63) is 70.6 Å². The van der Waals surface area contributed by atoms with Crippen molar-refractivity contribution >= 4 is 34.6 Å². The zero-order valence-corrected chi connectivity index (χ0v) is 13.9. The minimum Gasteiger partial charge on any atom is -0.508 e. The number of para-hydroxylation sites is 1. The highest BCUT2D eigenvalue weighted by Gasteiger charge is 2.24. The van der Waals surface area contributed by atoms with Crippen LogP contribution in [0.15, 0.2) is 70.1 Å². The molecule has 1 amide bonds. The Kier molecular flexibility index (Phi) is 4.03. The minimum atomic E-state index is -0.178. The summed E-state index contributed by atoms with van der Waals surface area (Å²) in [4.78, 5) is 17.1. The minimum absolute atomic E-state index is 0.178. The SMILES string of the molecule is O=C1NC(=Nc2ccc(O)cc2)S/C1=C\C1=Cc2ccccc2OC1. The molecule has 0 bridgehead atoms. The fraction of sp³-hybridized carbons (Fsp3) is 0.0526. The van der Waals surface area contributed by atoms with Crippen LogP contribution in [0.5, 0.6) is 11.5 Å². The summed E-state index contributed by atoms with van der Waals surface area (Å²) in [7, 11) is 0. The predicted molar refractivity (Wildman–Crippen MR) is 98.9 cm³/mol. The number of carbonyl (C=O) groups excluding carboxylic acids is 1. The molecule has 2 aromatic rings. The third kappa shape index (κ3) is 3.44. The number of nitrogens with one attached hydrogen (secondary N) is 1. The van der Waals surface area contributed by atoms with Crippen LogP contribution >= 0.6 is 11.8 Å². The van der Waals surface area contributed by atoms with E-state index in [2.05, 4.69) is 10.3 Å². The molecule has 4 rings (SSSR count). The van der Waals surface area contributed by atoms with Crippen molar-refractivity contribution in [2.75, 3.05) is 6.61 Å². The van der Waals surface area contributed by atoms with Crippen LogP contribution in [0, 0.1) is 0 Å². The van der Waals surface area contributed by atoms with Gasteiger partial charge in [0.25, 0.3) is 5.91 Å². The first kappa shape index (κ1) is 15.5. The van der Waals surface area contributed by atoms with Crippen LogP contribution in [0.4, 0.5) is 5.69 Å². The van der Waals surface area contributed by atoms with Crippen molar-refractivity contribution in [1.82, 2.24) is 5.32 Å². The number of benzene rings is 2. The highest BCUT2D eigenvalue weighted by atomic mass is 32.2. The second kappa shape index (κ2) is 6.49. The molecular formula is C19H14N2O3S. The lowest BCUT2D eigenvalue weighted by Gasteiger charge is -2.15. The molecule has 0 unspecified atom stereocenters. The third-order valence-electron chi connectivity index (χ3n) is 3.70. The Morgan fingerprint density at radius 1 is 1.16 bits per heavy atom. The van der Waals surface area contributed by atoms with Crippen LogP contribution in [0.1, 0.15) is 5.56 Å². The lowest BCUT2D eigenvalue weighted by Crippen LogP contribution is -2.19. The van der Waals surface area contributed by atoms with E-state index in [0.717, 1.165) is 16.9 Å². The van der Waals surface area contributed by atoms with E-state index in [9.17, 15) is 9.90 Å². The fourth-order valence-electron chi connectivity index (χ4n) is 2.51. The van der Waals surface area contributed by atoms with Crippen molar-refractivity contribution in [1.29, 1.82) is 0 Å². The molecule has 0 aliphatic carbocycles. The number of amidine groups is 1. The molecule has 0 radical (unpaired) electrons. The van der Waals surface area contributed by atoms with Gasteiger partial charge in [0.15, 0.2) is 5.17 Å². The topological polar surface area (TPSA) is 70.9 Å². The number of amides is 1. The second-order valence-electron chi connectivity index (χ2n) is 5.54. The van der Waals surface area contributed by atoms with E-state index in [1.54, 1.807) is 24.3 Å². The molecule has 5 nitrogen and oxygen atoms in total. The number of ether oxygens (including phenoxy) is 1. The Balaban J connectivity index is 1.56. The van der Waals surface area contributed by atoms with Gasteiger partial charge in [-0.15, -0.1) is 0 Å².